The zero-order valence-electron chi connectivity index (χ0n) is 10.5. The Labute approximate surface area is 120 Å². The average molecular weight is 344 g/mol. The van der Waals surface area contributed by atoms with Crippen LogP contribution in [0.2, 0.25) is 0 Å². The van der Waals surface area contributed by atoms with E-state index in [0.717, 1.165) is 15.7 Å². The van der Waals surface area contributed by atoms with Crippen molar-refractivity contribution in [3.8, 4) is 0 Å². The third kappa shape index (κ3) is 2.88. The quantitative estimate of drug-likeness (QED) is 0.918. The first kappa shape index (κ1) is 14.2. The minimum atomic E-state index is -3.24. The summed E-state index contributed by atoms with van der Waals surface area (Å²) >= 11 is 3.39. The van der Waals surface area contributed by atoms with Crippen molar-refractivity contribution >= 4 is 25.8 Å². The Bertz CT molecular complexity index is 690. The van der Waals surface area contributed by atoms with Crippen LogP contribution < -0.4 is 5.73 Å². The predicted molar refractivity (Wildman–Crippen MR) is 76.5 cm³/mol. The Kier molecular flexibility index (Phi) is 3.80. The van der Waals surface area contributed by atoms with Gasteiger partial charge >= 0.3 is 0 Å². The fourth-order valence-electron chi connectivity index (χ4n) is 1.87. The Morgan fingerprint density at radius 3 is 2.63 bits per heavy atom. The van der Waals surface area contributed by atoms with E-state index < -0.39 is 15.9 Å². The molecule has 0 saturated carbocycles. The summed E-state index contributed by atoms with van der Waals surface area (Å²) in [6.07, 6.45) is 2.84. The fourth-order valence-corrected chi connectivity index (χ4v) is 3.14. The van der Waals surface area contributed by atoms with Crippen LogP contribution in [-0.2, 0) is 16.9 Å². The van der Waals surface area contributed by atoms with Gasteiger partial charge < -0.3 is 5.73 Å². The maximum atomic E-state index is 11.6. The lowest BCUT2D eigenvalue weighted by molar-refractivity contribution is 0.601. The predicted octanol–water partition coefficient (Wildman–Crippen LogP) is 1.63. The fraction of sp³-hybridized carbons (Fsp3) is 0.250. The summed E-state index contributed by atoms with van der Waals surface area (Å²) in [5.74, 6) is 0. The summed E-state index contributed by atoms with van der Waals surface area (Å²) in [6.45, 7) is 0. The van der Waals surface area contributed by atoms with Gasteiger partial charge in [0.1, 0.15) is 0 Å². The van der Waals surface area contributed by atoms with Gasteiger partial charge in [0.15, 0.2) is 9.84 Å². The molecule has 0 aliphatic carbocycles. The van der Waals surface area contributed by atoms with E-state index in [0.29, 0.717) is 0 Å². The molecule has 0 aliphatic rings. The average Bonchev–Trinajstić information content (AvgIpc) is 2.67. The molecule has 0 radical (unpaired) electrons. The number of nitrogens with zero attached hydrogens (tertiary/aromatic N) is 2. The van der Waals surface area contributed by atoms with Crippen LogP contribution in [0.3, 0.4) is 0 Å². The lowest BCUT2D eigenvalue weighted by atomic mass is 10.1. The first-order valence-electron chi connectivity index (χ1n) is 5.53. The van der Waals surface area contributed by atoms with Crippen molar-refractivity contribution in [3.63, 3.8) is 0 Å². The molecule has 0 aliphatic heterocycles. The highest BCUT2D eigenvalue weighted by atomic mass is 79.9. The molecule has 0 fully saturated rings. The molecule has 1 aromatic carbocycles. The summed E-state index contributed by atoms with van der Waals surface area (Å²) in [6, 6.07) is 6.21. The molecule has 5 nitrogen and oxygen atoms in total. The Balaban J connectivity index is 2.49. The third-order valence-corrected chi connectivity index (χ3v) is 4.60. The van der Waals surface area contributed by atoms with E-state index in [1.165, 1.54) is 6.26 Å². The summed E-state index contributed by atoms with van der Waals surface area (Å²) < 4.78 is 25.6. The summed E-state index contributed by atoms with van der Waals surface area (Å²) in [4.78, 5) is 0.263. The van der Waals surface area contributed by atoms with Crippen molar-refractivity contribution in [2.75, 3.05) is 6.26 Å². The van der Waals surface area contributed by atoms with E-state index in [9.17, 15) is 8.42 Å². The molecule has 2 rings (SSSR count). The number of aromatic nitrogens is 2. The molecular formula is C12H14BrN3O2S. The number of aryl methyl sites for hydroxylation is 1. The van der Waals surface area contributed by atoms with Crippen LogP contribution in [0.25, 0.3) is 0 Å². The van der Waals surface area contributed by atoms with Gasteiger partial charge in [0.25, 0.3) is 0 Å². The van der Waals surface area contributed by atoms with Gasteiger partial charge in [-0.3, -0.25) is 4.68 Å². The molecule has 1 atom stereocenters. The highest BCUT2D eigenvalue weighted by Gasteiger charge is 2.18. The van der Waals surface area contributed by atoms with Crippen molar-refractivity contribution in [2.45, 2.75) is 10.9 Å². The van der Waals surface area contributed by atoms with Gasteiger partial charge in [-0.2, -0.15) is 5.10 Å². The van der Waals surface area contributed by atoms with Gasteiger partial charge in [0.2, 0.25) is 0 Å². The minimum absolute atomic E-state index is 0.263. The van der Waals surface area contributed by atoms with Gasteiger partial charge in [0.05, 0.1) is 27.3 Å². The highest BCUT2D eigenvalue weighted by molar-refractivity contribution is 9.10. The summed E-state index contributed by atoms with van der Waals surface area (Å²) in [5.41, 5.74) is 7.71. The monoisotopic (exact) mass is 343 g/mol. The topological polar surface area (TPSA) is 78.0 Å². The maximum Gasteiger partial charge on any atom is 0.175 e. The zero-order chi connectivity index (χ0) is 14.2. The molecule has 2 aromatic rings. The molecule has 1 unspecified atom stereocenters. The van der Waals surface area contributed by atoms with Crippen LogP contribution in [0.15, 0.2) is 39.8 Å². The van der Waals surface area contributed by atoms with Crippen LogP contribution in [-0.4, -0.2) is 24.5 Å². The summed E-state index contributed by atoms with van der Waals surface area (Å²) in [5, 5.41) is 4.11. The molecule has 2 N–H and O–H groups in total. The molecule has 0 saturated heterocycles. The summed E-state index contributed by atoms with van der Waals surface area (Å²) in [7, 11) is -1.45. The van der Waals surface area contributed by atoms with Crippen molar-refractivity contribution in [1.82, 2.24) is 9.78 Å². The number of hydrogen-bond donors (Lipinski definition) is 1. The smallest absolute Gasteiger partial charge is 0.175 e. The van der Waals surface area contributed by atoms with Crippen molar-refractivity contribution < 1.29 is 8.42 Å². The molecule has 19 heavy (non-hydrogen) atoms. The van der Waals surface area contributed by atoms with E-state index in [1.807, 2.05) is 0 Å². The minimum Gasteiger partial charge on any atom is -0.319 e. The van der Waals surface area contributed by atoms with Crippen molar-refractivity contribution in [2.24, 2.45) is 12.8 Å². The van der Waals surface area contributed by atoms with E-state index in [4.69, 9.17) is 5.73 Å². The highest BCUT2D eigenvalue weighted by Crippen LogP contribution is 2.27. The Morgan fingerprint density at radius 2 is 2.11 bits per heavy atom. The first-order valence-corrected chi connectivity index (χ1v) is 8.22. The van der Waals surface area contributed by atoms with Crippen LogP contribution in [0, 0.1) is 0 Å². The maximum absolute atomic E-state index is 11.6. The van der Waals surface area contributed by atoms with Gasteiger partial charge in [-0.25, -0.2) is 8.42 Å². The Hall–Kier alpha value is -1.18. The van der Waals surface area contributed by atoms with Crippen molar-refractivity contribution in [3.05, 3.63) is 46.2 Å². The number of hydrogen-bond acceptors (Lipinski definition) is 4. The number of sulfone groups is 1. The van der Waals surface area contributed by atoms with E-state index in [2.05, 4.69) is 21.0 Å². The number of rotatable bonds is 3. The normalized spacial score (nSPS) is 13.5. The number of benzene rings is 1. The molecule has 1 heterocycles. The lowest BCUT2D eigenvalue weighted by Crippen LogP contribution is -2.17. The van der Waals surface area contributed by atoms with Gasteiger partial charge in [-0.1, -0.05) is 12.1 Å². The van der Waals surface area contributed by atoms with Crippen molar-refractivity contribution in [1.29, 1.82) is 0 Å². The molecule has 0 bridgehead atoms. The second-order valence-corrected chi connectivity index (χ2v) is 7.19. The van der Waals surface area contributed by atoms with Crippen LogP contribution >= 0.6 is 15.9 Å². The molecule has 1 aromatic heterocycles. The molecule has 0 spiro atoms. The second kappa shape index (κ2) is 5.07. The zero-order valence-corrected chi connectivity index (χ0v) is 12.9. The molecule has 102 valence electrons. The Morgan fingerprint density at radius 1 is 1.42 bits per heavy atom. The van der Waals surface area contributed by atoms with Gasteiger partial charge in [-0.05, 0) is 33.6 Å². The molecule has 7 heteroatoms. The standard InChI is InChI=1S/C12H14BrN3O2S/c1-16-12(10(13)7-15-16)11(14)8-4-3-5-9(6-8)19(2,17)18/h3-7,11H,14H2,1-2H3. The van der Waals surface area contributed by atoms with E-state index in [-0.39, 0.29) is 4.90 Å². The largest absolute Gasteiger partial charge is 0.319 e. The number of nitrogens with two attached hydrogens (primary N) is 1. The van der Waals surface area contributed by atoms with Crippen LogP contribution in [0.5, 0.6) is 0 Å². The molecule has 0 amide bonds. The van der Waals surface area contributed by atoms with Gasteiger partial charge in [-0.15, -0.1) is 0 Å². The van der Waals surface area contributed by atoms with E-state index >= 15 is 0 Å². The second-order valence-electron chi connectivity index (χ2n) is 4.32. The number of halogens is 1. The van der Waals surface area contributed by atoms with Gasteiger partial charge in [0, 0.05) is 13.3 Å². The first-order chi connectivity index (χ1) is 8.80. The van der Waals surface area contributed by atoms with Crippen LogP contribution in [0.4, 0.5) is 0 Å². The molecular weight excluding hydrogens is 330 g/mol. The SMILES string of the molecule is Cn1ncc(Br)c1C(N)c1cccc(S(C)(=O)=O)c1. The lowest BCUT2D eigenvalue weighted by Gasteiger charge is -2.14. The third-order valence-electron chi connectivity index (χ3n) is 2.88. The van der Waals surface area contributed by atoms with Crippen LogP contribution in [0.1, 0.15) is 17.3 Å². The van der Waals surface area contributed by atoms with E-state index in [1.54, 1.807) is 42.2 Å².